The number of ether oxygens (including phenoxy) is 2. The topological polar surface area (TPSA) is 196 Å². The first kappa shape index (κ1) is 92.1. The van der Waals surface area contributed by atoms with E-state index in [0.717, 1.165) is 90.2 Å². The average Bonchev–Trinajstić information content (AvgIpc) is 0.769. The number of rotatable bonds is 25. The molecule has 2 spiro atoms. The lowest BCUT2D eigenvalue weighted by Gasteiger charge is -2.56. The third-order valence-corrected chi connectivity index (χ3v) is 20.9. The Kier molecular flexibility index (Phi) is 31.1. The first-order chi connectivity index (χ1) is 50.8. The Balaban J connectivity index is 0.000000284. The summed E-state index contributed by atoms with van der Waals surface area (Å²) in [5, 5.41) is 12.0. The molecule has 2 unspecified atom stereocenters. The summed E-state index contributed by atoms with van der Waals surface area (Å²) in [5.74, 6) is -7.35. The van der Waals surface area contributed by atoms with Crippen LogP contribution in [0, 0.1) is 62.0 Å². The van der Waals surface area contributed by atoms with Gasteiger partial charge in [0.15, 0.2) is 0 Å². The monoisotopic (exact) mass is 1620 g/mol. The SMILES string of the molecule is CC(C)CC(C(=O)O)n1cc(CCN2CC3(CCC3)C2)c(C(F)(F)F)cc1=O.CCOC(=O)C[C@H](N)c1cc(-c2c(C)cccc2C)cc(C(F)(F)F)c1F.CCOC(=O)C[C@H](NC(=O)C(CC(C)C)n1cc(CCN2CC3(CCC3)C2)c(C(F)(F)F)cc1=O)c1cc(-c2c(C)cccc2C)cc(C(F)(F)F)c1F.S.S. The van der Waals surface area contributed by atoms with Crippen LogP contribution in [-0.2, 0) is 66.2 Å². The number of benzene rings is 4. The van der Waals surface area contributed by atoms with Crippen LogP contribution < -0.4 is 22.2 Å². The molecular weight excluding hydrogens is 1520 g/mol. The minimum atomic E-state index is -5.16. The van der Waals surface area contributed by atoms with Crippen LogP contribution >= 0.6 is 27.0 Å². The van der Waals surface area contributed by atoms with Crippen molar-refractivity contribution in [3.05, 3.63) is 184 Å². The summed E-state index contributed by atoms with van der Waals surface area (Å²) in [7, 11) is 0. The van der Waals surface area contributed by atoms with Gasteiger partial charge in [-0.1, -0.05) is 76.9 Å². The molecule has 4 heterocycles. The quantitative estimate of drug-likeness (QED) is 0.0363. The van der Waals surface area contributed by atoms with Crippen LogP contribution in [0.2, 0.25) is 0 Å². The van der Waals surface area contributed by atoms with Crippen molar-refractivity contribution in [2.24, 2.45) is 28.4 Å². The van der Waals surface area contributed by atoms with Crippen LogP contribution in [0.15, 0.2) is 94.8 Å². The number of halogens is 14. The number of pyridine rings is 2. The standard InChI is InChI=1S/C40H46F7N3O4.C20H21F4NO2.C20H27F3N2O3.2H2S/c1-6-54-34(52)19-31(28-16-27(17-30(36(28)41)40(45,46)47)35-24(4)9-7-10-25(35)5)48-37(53)32(15-23(2)3)50-20-26(29(18-33(50)51)39(42,43)44)11-14-49-21-38(22-49)12-8-13-38;1-4-27-17(26)10-16(25)14-8-13(9-15(19(14)21)20(22,23)24)18-11(2)6-5-7-12(18)3;1-13(2)8-16(18(27)28)25-10-14(15(9-17(25)26)20(21,22)23)4-7-24-11-19(12-24)5-3-6-19;;/h7,9-10,16-18,20,23,31-32H,6,8,11-15,19,21-22H2,1-5H3,(H,48,53);5-9,16H,4,10,25H2,1-3H3;9-10,13,16H,3-8,11-12H2,1-2H3,(H,27,28);2*1H2/t31-,32?;16-;;;/m00.../s1. The highest BCUT2D eigenvalue weighted by Gasteiger charge is 2.49. The number of carboxylic acids is 1. The minimum absolute atomic E-state index is 0. The van der Waals surface area contributed by atoms with Crippen LogP contribution in [-0.4, -0.2) is 100 Å². The van der Waals surface area contributed by atoms with Crippen molar-refractivity contribution in [3.63, 3.8) is 0 Å². The lowest BCUT2D eigenvalue weighted by Crippen LogP contribution is -2.59. The van der Waals surface area contributed by atoms with Gasteiger partial charge in [0.1, 0.15) is 23.7 Å². The molecule has 2 saturated carbocycles. The molecule has 4 fully saturated rings. The second kappa shape index (κ2) is 37.5. The van der Waals surface area contributed by atoms with Gasteiger partial charge in [-0.25, -0.2) is 13.6 Å². The van der Waals surface area contributed by atoms with Crippen LogP contribution in [0.5, 0.6) is 0 Å². The van der Waals surface area contributed by atoms with Gasteiger partial charge < -0.3 is 44.6 Å². The van der Waals surface area contributed by atoms with Gasteiger partial charge in [0.2, 0.25) is 5.91 Å². The molecule has 612 valence electrons. The zero-order valence-electron chi connectivity index (χ0n) is 63.6. The number of aryl methyl sites for hydroxylation is 4. The lowest BCUT2D eigenvalue weighted by molar-refractivity contribution is -0.145. The molecule has 111 heavy (non-hydrogen) atoms. The molecular formula is C80H98F14N6O9S2. The zero-order chi connectivity index (χ0) is 80.8. The van der Waals surface area contributed by atoms with Crippen molar-refractivity contribution in [2.45, 2.75) is 195 Å². The van der Waals surface area contributed by atoms with Gasteiger partial charge in [-0.05, 0) is 195 Å². The number of aromatic nitrogens is 2. The van der Waals surface area contributed by atoms with Gasteiger partial charge in [0, 0.05) is 81.0 Å². The molecule has 6 aromatic rings. The van der Waals surface area contributed by atoms with E-state index < -0.39 is 136 Å². The second-order valence-corrected chi connectivity index (χ2v) is 30.2. The number of carbonyl (C=O) groups is 4. The molecule has 2 aliphatic heterocycles. The maximum Gasteiger partial charge on any atom is 0.419 e. The highest BCUT2D eigenvalue weighted by molar-refractivity contribution is 7.59. The molecule has 4 atom stereocenters. The predicted molar refractivity (Wildman–Crippen MR) is 403 cm³/mol. The number of carboxylic acid groups (broad SMARTS) is 1. The second-order valence-electron chi connectivity index (χ2n) is 30.2. The maximum atomic E-state index is 16.1. The molecule has 4 aromatic carbocycles. The Labute approximate surface area is 649 Å². The number of carbonyl (C=O) groups excluding carboxylic acids is 3. The Morgan fingerprint density at radius 2 is 0.883 bits per heavy atom. The van der Waals surface area contributed by atoms with Crippen molar-refractivity contribution in [3.8, 4) is 22.3 Å². The van der Waals surface area contributed by atoms with E-state index >= 15 is 4.39 Å². The Bertz CT molecular complexity index is 4360. The Morgan fingerprint density at radius 3 is 1.23 bits per heavy atom. The molecule has 15 nitrogen and oxygen atoms in total. The number of alkyl halides is 12. The summed E-state index contributed by atoms with van der Waals surface area (Å²) in [6.07, 6.45) is -11.5. The van der Waals surface area contributed by atoms with Crippen molar-refractivity contribution >= 4 is 50.8 Å². The number of nitrogens with one attached hydrogen (secondary N) is 1. The van der Waals surface area contributed by atoms with Crippen molar-refractivity contribution in [2.75, 3.05) is 52.5 Å². The molecule has 4 aliphatic rings. The van der Waals surface area contributed by atoms with E-state index in [1.807, 2.05) is 13.8 Å². The molecule has 0 radical (unpaired) electrons. The van der Waals surface area contributed by atoms with E-state index in [2.05, 4.69) is 15.1 Å². The van der Waals surface area contributed by atoms with Crippen LogP contribution in [0.3, 0.4) is 0 Å². The molecule has 2 aromatic heterocycles. The largest absolute Gasteiger partial charge is 0.480 e. The fraction of sp³-hybridized carbons (Fsp3) is 0.525. The summed E-state index contributed by atoms with van der Waals surface area (Å²) in [6.45, 7) is 21.2. The summed E-state index contributed by atoms with van der Waals surface area (Å²) >= 11 is 0. The summed E-state index contributed by atoms with van der Waals surface area (Å²) in [4.78, 5) is 80.2. The third kappa shape index (κ3) is 22.8. The van der Waals surface area contributed by atoms with E-state index in [1.54, 1.807) is 84.9 Å². The molecule has 2 saturated heterocycles. The van der Waals surface area contributed by atoms with Crippen molar-refractivity contribution in [1.82, 2.24) is 24.3 Å². The number of likely N-dealkylation sites (tertiary alicyclic amines) is 2. The fourth-order valence-electron chi connectivity index (χ4n) is 15.3. The van der Waals surface area contributed by atoms with Gasteiger partial charge >= 0.3 is 42.6 Å². The van der Waals surface area contributed by atoms with Crippen LogP contribution in [0.4, 0.5) is 61.5 Å². The number of nitrogens with two attached hydrogens (primary N) is 1. The van der Waals surface area contributed by atoms with Crippen LogP contribution in [0.1, 0.15) is 197 Å². The smallest absolute Gasteiger partial charge is 0.419 e. The number of esters is 2. The van der Waals surface area contributed by atoms with Gasteiger partial charge in [-0.3, -0.25) is 24.0 Å². The van der Waals surface area contributed by atoms with Gasteiger partial charge in [0.05, 0.1) is 54.4 Å². The third-order valence-electron chi connectivity index (χ3n) is 20.9. The number of aliphatic carboxylic acids is 1. The molecule has 0 bridgehead atoms. The molecule has 1 amide bonds. The molecule has 31 heteroatoms. The van der Waals surface area contributed by atoms with Gasteiger partial charge in [0.25, 0.3) is 11.1 Å². The Morgan fingerprint density at radius 1 is 0.532 bits per heavy atom. The van der Waals surface area contributed by atoms with Gasteiger partial charge in [-0.15, -0.1) is 0 Å². The molecule has 4 N–H and O–H groups in total. The van der Waals surface area contributed by atoms with Crippen molar-refractivity contribution in [1.29, 1.82) is 0 Å². The van der Waals surface area contributed by atoms with E-state index in [9.17, 15) is 90.9 Å². The summed E-state index contributed by atoms with van der Waals surface area (Å²) in [5.41, 5.74) is 1.98. The van der Waals surface area contributed by atoms with Crippen molar-refractivity contribution < 1.29 is 95.2 Å². The lowest BCUT2D eigenvalue weighted by atomic mass is 9.63. The number of amides is 1. The average molecular weight is 1620 g/mol. The molecule has 2 aliphatic carbocycles. The zero-order valence-corrected chi connectivity index (χ0v) is 65.6. The number of hydrogen-bond acceptors (Lipinski definition) is 11. The minimum Gasteiger partial charge on any atom is -0.480 e. The first-order valence-electron chi connectivity index (χ1n) is 36.4. The normalized spacial score (nSPS) is 16.4. The summed E-state index contributed by atoms with van der Waals surface area (Å²) in [6, 6.07) is 9.67. The van der Waals surface area contributed by atoms with E-state index in [0.29, 0.717) is 59.0 Å². The highest BCUT2D eigenvalue weighted by Crippen LogP contribution is 2.50. The van der Waals surface area contributed by atoms with E-state index in [4.69, 9.17) is 15.2 Å². The maximum absolute atomic E-state index is 16.1. The van der Waals surface area contributed by atoms with E-state index in [1.165, 1.54) is 32.3 Å². The highest BCUT2D eigenvalue weighted by atomic mass is 32.1. The predicted octanol–water partition coefficient (Wildman–Crippen LogP) is 17.6. The molecule has 10 rings (SSSR count). The Hall–Kier alpha value is -7.74. The fourth-order valence-corrected chi connectivity index (χ4v) is 15.3. The van der Waals surface area contributed by atoms with Gasteiger partial charge in [-0.2, -0.15) is 79.7 Å². The van der Waals surface area contributed by atoms with E-state index in [-0.39, 0.29) is 111 Å². The number of nitrogens with zero attached hydrogens (tertiary/aromatic N) is 4. The summed E-state index contributed by atoms with van der Waals surface area (Å²) < 4.78 is 209. The van der Waals surface area contributed by atoms with Crippen LogP contribution in [0.25, 0.3) is 22.3 Å². The number of hydrogen-bond donors (Lipinski definition) is 3. The first-order valence-corrected chi connectivity index (χ1v) is 36.4.